The number of rotatable bonds is 5. The SMILES string of the molecule is CC(C)(C)OC(=O)C(C)(CN)c1ccc(-c2ccc3[nH]ncc3c2-n2cccc2)cc1. The van der Waals surface area contributed by atoms with Crippen LogP contribution in [0.15, 0.2) is 67.1 Å². The van der Waals surface area contributed by atoms with Gasteiger partial charge in [-0.1, -0.05) is 30.3 Å². The quantitative estimate of drug-likeness (QED) is 0.466. The van der Waals surface area contributed by atoms with Gasteiger partial charge in [0, 0.05) is 29.9 Å². The van der Waals surface area contributed by atoms with Crippen LogP contribution in [0.25, 0.3) is 27.7 Å². The molecule has 6 heteroatoms. The Kier molecular flexibility index (Phi) is 5.19. The van der Waals surface area contributed by atoms with Crippen molar-refractivity contribution in [2.45, 2.75) is 38.7 Å². The van der Waals surface area contributed by atoms with E-state index in [0.717, 1.165) is 33.3 Å². The van der Waals surface area contributed by atoms with Crippen LogP contribution in [0.2, 0.25) is 0 Å². The normalized spacial score (nSPS) is 13.8. The van der Waals surface area contributed by atoms with Crippen molar-refractivity contribution in [3.05, 3.63) is 72.7 Å². The molecule has 0 fully saturated rings. The van der Waals surface area contributed by atoms with Gasteiger partial charge in [-0.25, -0.2) is 0 Å². The van der Waals surface area contributed by atoms with Gasteiger partial charge in [-0.05, 0) is 57.0 Å². The Labute approximate surface area is 182 Å². The molecule has 1 unspecified atom stereocenters. The lowest BCUT2D eigenvalue weighted by Crippen LogP contribution is -2.44. The van der Waals surface area contributed by atoms with E-state index in [9.17, 15) is 4.79 Å². The second-order valence-electron chi connectivity index (χ2n) is 9.00. The Balaban J connectivity index is 1.76. The van der Waals surface area contributed by atoms with Gasteiger partial charge in [-0.2, -0.15) is 5.10 Å². The molecule has 0 aliphatic heterocycles. The topological polar surface area (TPSA) is 85.9 Å². The Hall–Kier alpha value is -3.38. The summed E-state index contributed by atoms with van der Waals surface area (Å²) in [6.07, 6.45) is 5.89. The minimum Gasteiger partial charge on any atom is -0.459 e. The zero-order chi connectivity index (χ0) is 22.2. The van der Waals surface area contributed by atoms with E-state index in [1.807, 2.05) is 88.8 Å². The molecule has 6 nitrogen and oxygen atoms in total. The van der Waals surface area contributed by atoms with Crippen molar-refractivity contribution in [1.82, 2.24) is 14.8 Å². The number of carbonyl (C=O) groups excluding carboxylic acids is 1. The summed E-state index contributed by atoms with van der Waals surface area (Å²) < 4.78 is 7.73. The third-order valence-electron chi connectivity index (χ3n) is 5.55. The molecule has 0 amide bonds. The first-order valence-electron chi connectivity index (χ1n) is 10.4. The third-order valence-corrected chi connectivity index (χ3v) is 5.55. The second-order valence-corrected chi connectivity index (χ2v) is 9.00. The lowest BCUT2D eigenvalue weighted by Gasteiger charge is -2.31. The molecule has 160 valence electrons. The maximum absolute atomic E-state index is 12.9. The molecule has 3 N–H and O–H groups in total. The highest BCUT2D eigenvalue weighted by atomic mass is 16.6. The highest BCUT2D eigenvalue weighted by Crippen LogP contribution is 2.34. The van der Waals surface area contributed by atoms with Crippen molar-refractivity contribution in [2.24, 2.45) is 5.73 Å². The molecule has 2 heterocycles. The molecule has 2 aromatic heterocycles. The fraction of sp³-hybridized carbons (Fsp3) is 0.280. The molecule has 0 saturated heterocycles. The number of aromatic amines is 1. The van der Waals surface area contributed by atoms with Crippen LogP contribution in [0.1, 0.15) is 33.3 Å². The van der Waals surface area contributed by atoms with Crippen LogP contribution in [0.3, 0.4) is 0 Å². The Bertz CT molecular complexity index is 1200. The van der Waals surface area contributed by atoms with Crippen LogP contribution in [0.5, 0.6) is 0 Å². The zero-order valence-electron chi connectivity index (χ0n) is 18.3. The predicted octanol–water partition coefficient (Wildman–Crippen LogP) is 4.58. The molecular weight excluding hydrogens is 388 g/mol. The van der Waals surface area contributed by atoms with Gasteiger partial charge in [-0.3, -0.25) is 9.89 Å². The summed E-state index contributed by atoms with van der Waals surface area (Å²) >= 11 is 0. The maximum atomic E-state index is 12.9. The molecule has 4 rings (SSSR count). The smallest absolute Gasteiger partial charge is 0.318 e. The van der Waals surface area contributed by atoms with Gasteiger partial charge in [0.1, 0.15) is 11.0 Å². The van der Waals surface area contributed by atoms with E-state index in [0.29, 0.717) is 0 Å². The number of benzene rings is 2. The summed E-state index contributed by atoms with van der Waals surface area (Å²) in [5.74, 6) is -0.317. The first kappa shape index (κ1) is 20.9. The number of H-pyrrole nitrogens is 1. The maximum Gasteiger partial charge on any atom is 0.318 e. The largest absolute Gasteiger partial charge is 0.459 e. The summed E-state index contributed by atoms with van der Waals surface area (Å²) in [5.41, 5.74) is 9.53. The zero-order valence-corrected chi connectivity index (χ0v) is 18.3. The standard InChI is InChI=1S/C25H28N4O2/c1-24(2,3)31-23(30)25(4,16-26)18-9-7-17(8-10-18)19-11-12-21-20(15-27-28-21)22(19)29-13-5-6-14-29/h5-15H,16,26H2,1-4H3,(H,27,28). The van der Waals surface area contributed by atoms with Gasteiger partial charge in [0.05, 0.1) is 17.4 Å². The molecule has 31 heavy (non-hydrogen) atoms. The van der Waals surface area contributed by atoms with Crippen molar-refractivity contribution >= 4 is 16.9 Å². The van der Waals surface area contributed by atoms with Gasteiger partial charge < -0.3 is 15.0 Å². The molecular formula is C25H28N4O2. The van der Waals surface area contributed by atoms with Crippen LogP contribution in [0, 0.1) is 0 Å². The molecule has 0 aliphatic rings. The highest BCUT2D eigenvalue weighted by molar-refractivity contribution is 5.95. The molecule has 0 spiro atoms. The number of hydrogen-bond donors (Lipinski definition) is 2. The summed E-state index contributed by atoms with van der Waals surface area (Å²) in [6, 6.07) is 16.1. The van der Waals surface area contributed by atoms with E-state index >= 15 is 0 Å². The van der Waals surface area contributed by atoms with Gasteiger partial charge in [0.15, 0.2) is 0 Å². The van der Waals surface area contributed by atoms with Crippen molar-refractivity contribution in [3.8, 4) is 16.8 Å². The third kappa shape index (κ3) is 3.86. The minimum absolute atomic E-state index is 0.164. The van der Waals surface area contributed by atoms with E-state index in [-0.39, 0.29) is 12.5 Å². The first-order chi connectivity index (χ1) is 14.7. The number of nitrogens with one attached hydrogen (secondary N) is 1. The number of ether oxygens (including phenoxy) is 1. The average Bonchev–Trinajstić information content (AvgIpc) is 3.43. The molecule has 0 radical (unpaired) electrons. The van der Waals surface area contributed by atoms with Crippen LogP contribution in [-0.4, -0.2) is 32.9 Å². The number of esters is 1. The summed E-state index contributed by atoms with van der Waals surface area (Å²) in [6.45, 7) is 7.58. The highest BCUT2D eigenvalue weighted by Gasteiger charge is 2.37. The lowest BCUT2D eigenvalue weighted by atomic mass is 9.81. The van der Waals surface area contributed by atoms with E-state index < -0.39 is 11.0 Å². The number of nitrogens with two attached hydrogens (primary N) is 1. The predicted molar refractivity (Wildman–Crippen MR) is 123 cm³/mol. The lowest BCUT2D eigenvalue weighted by molar-refractivity contribution is -0.161. The molecule has 0 saturated carbocycles. The monoisotopic (exact) mass is 416 g/mol. The van der Waals surface area contributed by atoms with Gasteiger partial charge >= 0.3 is 5.97 Å². The van der Waals surface area contributed by atoms with Crippen molar-refractivity contribution in [1.29, 1.82) is 0 Å². The molecule has 0 aliphatic carbocycles. The van der Waals surface area contributed by atoms with Crippen molar-refractivity contribution in [2.75, 3.05) is 6.54 Å². The number of carbonyl (C=O) groups is 1. The molecule has 4 aromatic rings. The Morgan fingerprint density at radius 2 is 1.74 bits per heavy atom. The van der Waals surface area contributed by atoms with Gasteiger partial charge in [-0.15, -0.1) is 0 Å². The molecule has 1 atom stereocenters. The number of fused-ring (bicyclic) bond motifs is 1. The van der Waals surface area contributed by atoms with E-state index in [2.05, 4.69) is 20.8 Å². The number of hydrogen-bond acceptors (Lipinski definition) is 4. The summed E-state index contributed by atoms with van der Waals surface area (Å²) in [7, 11) is 0. The van der Waals surface area contributed by atoms with Crippen molar-refractivity contribution < 1.29 is 9.53 Å². The Morgan fingerprint density at radius 3 is 2.35 bits per heavy atom. The fourth-order valence-corrected chi connectivity index (χ4v) is 3.72. The Morgan fingerprint density at radius 1 is 1.06 bits per heavy atom. The fourth-order valence-electron chi connectivity index (χ4n) is 3.72. The van der Waals surface area contributed by atoms with E-state index in [1.54, 1.807) is 0 Å². The van der Waals surface area contributed by atoms with Crippen LogP contribution in [-0.2, 0) is 14.9 Å². The average molecular weight is 417 g/mol. The number of nitrogens with zero attached hydrogens (tertiary/aromatic N) is 2. The first-order valence-corrected chi connectivity index (χ1v) is 10.4. The second kappa shape index (κ2) is 7.71. The van der Waals surface area contributed by atoms with E-state index in [4.69, 9.17) is 10.5 Å². The molecule has 2 aromatic carbocycles. The van der Waals surface area contributed by atoms with Gasteiger partial charge in [0.25, 0.3) is 0 Å². The van der Waals surface area contributed by atoms with Crippen LogP contribution >= 0.6 is 0 Å². The number of aromatic nitrogens is 3. The van der Waals surface area contributed by atoms with E-state index in [1.165, 1.54) is 0 Å². The summed E-state index contributed by atoms with van der Waals surface area (Å²) in [5, 5.41) is 8.29. The molecule has 0 bridgehead atoms. The van der Waals surface area contributed by atoms with Gasteiger partial charge in [0.2, 0.25) is 0 Å². The van der Waals surface area contributed by atoms with Crippen molar-refractivity contribution in [3.63, 3.8) is 0 Å². The minimum atomic E-state index is -0.913. The van der Waals surface area contributed by atoms with Crippen LogP contribution in [0.4, 0.5) is 0 Å². The summed E-state index contributed by atoms with van der Waals surface area (Å²) in [4.78, 5) is 12.9. The van der Waals surface area contributed by atoms with Crippen LogP contribution < -0.4 is 5.73 Å².